The van der Waals surface area contributed by atoms with Gasteiger partial charge in [0, 0.05) is 6.04 Å². The second-order valence-electron chi connectivity index (χ2n) is 5.23. The van der Waals surface area contributed by atoms with E-state index < -0.39 is 0 Å². The first-order valence-corrected chi connectivity index (χ1v) is 7.74. The fourth-order valence-corrected chi connectivity index (χ4v) is 2.00. The van der Waals surface area contributed by atoms with Crippen molar-refractivity contribution in [2.75, 3.05) is 13.1 Å². The summed E-state index contributed by atoms with van der Waals surface area (Å²) >= 11 is 0. The molecule has 0 aromatic rings. The van der Waals surface area contributed by atoms with Crippen LogP contribution in [0.2, 0.25) is 0 Å². The lowest BCUT2D eigenvalue weighted by molar-refractivity contribution is 0.500. The quantitative estimate of drug-likeness (QED) is 0.482. The molecule has 0 heterocycles. The lowest BCUT2D eigenvalue weighted by atomic mass is 10.1. The fourth-order valence-electron chi connectivity index (χ4n) is 2.00. The van der Waals surface area contributed by atoms with Crippen LogP contribution in [0.1, 0.15) is 78.1 Å². The Morgan fingerprint density at radius 3 is 1.76 bits per heavy atom. The Bertz CT molecular complexity index is 137. The maximum atomic E-state index is 5.46. The largest absolute Gasteiger partial charge is 0.330 e. The van der Waals surface area contributed by atoms with E-state index in [0.717, 1.165) is 6.54 Å². The monoisotopic (exact) mass is 242 g/mol. The standard InChI is InChI=1S/C15H34N2/c1-3-15(2)17-14-12-10-8-6-4-5-7-9-11-13-16/h15,17H,3-14,16H2,1-2H3. The van der Waals surface area contributed by atoms with Gasteiger partial charge in [0.1, 0.15) is 0 Å². The number of rotatable bonds is 13. The Labute approximate surface area is 109 Å². The molecule has 0 aliphatic heterocycles. The van der Waals surface area contributed by atoms with Crippen LogP contribution in [0, 0.1) is 0 Å². The minimum absolute atomic E-state index is 0.692. The van der Waals surface area contributed by atoms with Gasteiger partial charge in [-0.2, -0.15) is 0 Å². The van der Waals surface area contributed by atoms with Gasteiger partial charge < -0.3 is 11.1 Å². The molecule has 0 bridgehead atoms. The second kappa shape index (κ2) is 14.0. The van der Waals surface area contributed by atoms with E-state index >= 15 is 0 Å². The van der Waals surface area contributed by atoms with Crippen molar-refractivity contribution in [2.45, 2.75) is 84.1 Å². The van der Waals surface area contributed by atoms with Gasteiger partial charge in [-0.3, -0.25) is 0 Å². The zero-order valence-corrected chi connectivity index (χ0v) is 12.1. The maximum Gasteiger partial charge on any atom is 0.00360 e. The molecule has 104 valence electrons. The summed E-state index contributed by atoms with van der Waals surface area (Å²) in [5, 5.41) is 3.55. The minimum atomic E-state index is 0.692. The number of hydrogen-bond acceptors (Lipinski definition) is 2. The zero-order valence-electron chi connectivity index (χ0n) is 12.1. The van der Waals surface area contributed by atoms with Crippen molar-refractivity contribution < 1.29 is 0 Å². The molecule has 0 radical (unpaired) electrons. The molecule has 0 aromatic heterocycles. The van der Waals surface area contributed by atoms with Gasteiger partial charge >= 0.3 is 0 Å². The molecule has 0 amide bonds. The number of nitrogens with one attached hydrogen (secondary N) is 1. The van der Waals surface area contributed by atoms with E-state index in [2.05, 4.69) is 19.2 Å². The molecular formula is C15H34N2. The number of unbranched alkanes of at least 4 members (excludes halogenated alkanes) is 8. The van der Waals surface area contributed by atoms with Crippen LogP contribution in [0.5, 0.6) is 0 Å². The Morgan fingerprint density at radius 2 is 1.29 bits per heavy atom. The lowest BCUT2D eigenvalue weighted by Gasteiger charge is -2.10. The third-order valence-corrected chi connectivity index (χ3v) is 3.49. The van der Waals surface area contributed by atoms with Gasteiger partial charge in [-0.25, -0.2) is 0 Å². The average molecular weight is 242 g/mol. The van der Waals surface area contributed by atoms with Crippen LogP contribution in [0.3, 0.4) is 0 Å². The summed E-state index contributed by atoms with van der Waals surface area (Å²) in [7, 11) is 0. The predicted octanol–water partition coefficient (Wildman–Crippen LogP) is 3.84. The molecule has 3 N–H and O–H groups in total. The van der Waals surface area contributed by atoms with E-state index in [1.807, 2.05) is 0 Å². The molecule has 17 heavy (non-hydrogen) atoms. The van der Waals surface area contributed by atoms with E-state index in [9.17, 15) is 0 Å². The van der Waals surface area contributed by atoms with Crippen molar-refractivity contribution in [1.82, 2.24) is 5.32 Å². The highest BCUT2D eigenvalue weighted by molar-refractivity contribution is 4.57. The zero-order chi connectivity index (χ0) is 12.8. The molecule has 0 spiro atoms. The predicted molar refractivity (Wildman–Crippen MR) is 78.4 cm³/mol. The molecule has 1 unspecified atom stereocenters. The summed E-state index contributed by atoms with van der Waals surface area (Å²) in [6.45, 7) is 6.57. The summed E-state index contributed by atoms with van der Waals surface area (Å²) in [5.74, 6) is 0. The van der Waals surface area contributed by atoms with Gasteiger partial charge in [-0.05, 0) is 39.3 Å². The van der Waals surface area contributed by atoms with Gasteiger partial charge in [0.15, 0.2) is 0 Å². The molecule has 2 nitrogen and oxygen atoms in total. The van der Waals surface area contributed by atoms with Gasteiger partial charge in [0.25, 0.3) is 0 Å². The van der Waals surface area contributed by atoms with Crippen molar-refractivity contribution in [3.8, 4) is 0 Å². The third kappa shape index (κ3) is 13.9. The van der Waals surface area contributed by atoms with Crippen molar-refractivity contribution >= 4 is 0 Å². The summed E-state index contributed by atoms with van der Waals surface area (Å²) in [6.07, 6.45) is 13.6. The Morgan fingerprint density at radius 1 is 0.824 bits per heavy atom. The van der Waals surface area contributed by atoms with Crippen molar-refractivity contribution in [3.05, 3.63) is 0 Å². The van der Waals surface area contributed by atoms with Crippen LogP contribution < -0.4 is 11.1 Å². The molecular weight excluding hydrogens is 208 g/mol. The van der Waals surface area contributed by atoms with E-state index in [1.165, 1.54) is 70.8 Å². The molecule has 2 heteroatoms. The summed E-state index contributed by atoms with van der Waals surface area (Å²) in [5.41, 5.74) is 5.46. The molecule has 1 atom stereocenters. The van der Waals surface area contributed by atoms with Gasteiger partial charge in [0.2, 0.25) is 0 Å². The normalized spacial score (nSPS) is 12.9. The van der Waals surface area contributed by atoms with Gasteiger partial charge in [0.05, 0.1) is 0 Å². The van der Waals surface area contributed by atoms with Crippen LogP contribution >= 0.6 is 0 Å². The fraction of sp³-hybridized carbons (Fsp3) is 1.00. The molecule has 0 aromatic carbocycles. The van der Waals surface area contributed by atoms with Crippen LogP contribution in [0.4, 0.5) is 0 Å². The summed E-state index contributed by atoms with van der Waals surface area (Å²) in [4.78, 5) is 0. The molecule has 0 saturated heterocycles. The van der Waals surface area contributed by atoms with E-state index in [0.29, 0.717) is 6.04 Å². The number of nitrogens with two attached hydrogens (primary N) is 1. The van der Waals surface area contributed by atoms with Crippen LogP contribution in [0.25, 0.3) is 0 Å². The molecule has 0 fully saturated rings. The number of hydrogen-bond donors (Lipinski definition) is 2. The first-order valence-electron chi connectivity index (χ1n) is 7.74. The Balaban J connectivity index is 2.94. The lowest BCUT2D eigenvalue weighted by Crippen LogP contribution is -2.25. The topological polar surface area (TPSA) is 38.0 Å². The second-order valence-corrected chi connectivity index (χ2v) is 5.23. The Hall–Kier alpha value is -0.0800. The van der Waals surface area contributed by atoms with Gasteiger partial charge in [-0.1, -0.05) is 51.9 Å². The smallest absolute Gasteiger partial charge is 0.00360 e. The first kappa shape index (κ1) is 16.9. The molecule has 0 aliphatic carbocycles. The van der Waals surface area contributed by atoms with Crippen LogP contribution in [-0.4, -0.2) is 19.1 Å². The van der Waals surface area contributed by atoms with Gasteiger partial charge in [-0.15, -0.1) is 0 Å². The molecule has 0 aliphatic rings. The van der Waals surface area contributed by atoms with E-state index in [-0.39, 0.29) is 0 Å². The van der Waals surface area contributed by atoms with E-state index in [1.54, 1.807) is 0 Å². The SMILES string of the molecule is CCC(C)NCCCCCCCCCCCN. The third-order valence-electron chi connectivity index (χ3n) is 3.49. The summed E-state index contributed by atoms with van der Waals surface area (Å²) in [6, 6.07) is 0.692. The van der Waals surface area contributed by atoms with E-state index in [4.69, 9.17) is 5.73 Å². The van der Waals surface area contributed by atoms with Crippen molar-refractivity contribution in [1.29, 1.82) is 0 Å². The minimum Gasteiger partial charge on any atom is -0.330 e. The highest BCUT2D eigenvalue weighted by Gasteiger charge is 1.96. The summed E-state index contributed by atoms with van der Waals surface area (Å²) < 4.78 is 0. The first-order chi connectivity index (χ1) is 8.31. The maximum absolute atomic E-state index is 5.46. The van der Waals surface area contributed by atoms with Crippen LogP contribution in [0.15, 0.2) is 0 Å². The van der Waals surface area contributed by atoms with Crippen molar-refractivity contribution in [3.63, 3.8) is 0 Å². The van der Waals surface area contributed by atoms with Crippen LogP contribution in [-0.2, 0) is 0 Å². The highest BCUT2D eigenvalue weighted by atomic mass is 14.9. The molecule has 0 rings (SSSR count). The van der Waals surface area contributed by atoms with Crippen molar-refractivity contribution in [2.24, 2.45) is 5.73 Å². The highest BCUT2D eigenvalue weighted by Crippen LogP contribution is 2.09. The molecule has 0 saturated carbocycles. The Kier molecular flexibility index (Phi) is 13.9. The average Bonchev–Trinajstić information content (AvgIpc) is 2.35.